The van der Waals surface area contributed by atoms with Gasteiger partial charge in [0, 0.05) is 14.1 Å². The molecule has 104 valence electrons. The van der Waals surface area contributed by atoms with Gasteiger partial charge in [0.25, 0.3) is 0 Å². The van der Waals surface area contributed by atoms with Crippen LogP contribution in [0.25, 0.3) is 11.0 Å². The van der Waals surface area contributed by atoms with E-state index in [0.717, 1.165) is 33.9 Å². The van der Waals surface area contributed by atoms with Gasteiger partial charge in [0.15, 0.2) is 5.65 Å². The molecule has 3 aromatic heterocycles. The second-order valence-corrected chi connectivity index (χ2v) is 4.92. The highest BCUT2D eigenvalue weighted by atomic mass is 15.3. The summed E-state index contributed by atoms with van der Waals surface area (Å²) in [6, 6.07) is 0. The van der Waals surface area contributed by atoms with Gasteiger partial charge in [-0.05, 0) is 20.8 Å². The predicted molar refractivity (Wildman–Crippen MR) is 77.0 cm³/mol. The van der Waals surface area contributed by atoms with Crippen LogP contribution >= 0.6 is 0 Å². The van der Waals surface area contributed by atoms with Crippen molar-refractivity contribution in [3.8, 4) is 0 Å². The highest BCUT2D eigenvalue weighted by Gasteiger charge is 2.14. The van der Waals surface area contributed by atoms with Crippen LogP contribution in [0.2, 0.25) is 0 Å². The highest BCUT2D eigenvalue weighted by Crippen LogP contribution is 2.27. The molecule has 0 bridgehead atoms. The molecule has 0 radical (unpaired) electrons. The number of hydrogen-bond acceptors (Lipinski definition) is 5. The van der Waals surface area contributed by atoms with E-state index >= 15 is 0 Å². The topological polar surface area (TPSA) is 73.5 Å². The zero-order chi connectivity index (χ0) is 14.4. The van der Waals surface area contributed by atoms with Crippen molar-refractivity contribution < 1.29 is 0 Å². The Morgan fingerprint density at radius 1 is 1.05 bits per heavy atom. The molecular formula is C13H17N7. The molecule has 0 atom stereocenters. The van der Waals surface area contributed by atoms with Crippen molar-refractivity contribution in [3.63, 3.8) is 0 Å². The fourth-order valence-corrected chi connectivity index (χ4v) is 2.30. The molecule has 3 rings (SSSR count). The minimum Gasteiger partial charge on any atom is -0.336 e. The van der Waals surface area contributed by atoms with Crippen molar-refractivity contribution in [2.24, 2.45) is 14.1 Å². The number of rotatable bonds is 2. The summed E-state index contributed by atoms with van der Waals surface area (Å²) in [6.07, 6.45) is 1.78. The fraction of sp³-hybridized carbons (Fsp3) is 0.385. The molecule has 0 spiro atoms. The maximum atomic E-state index is 4.49. The quantitative estimate of drug-likeness (QED) is 0.769. The number of nitrogens with one attached hydrogen (secondary N) is 1. The molecule has 1 N–H and O–H groups in total. The number of aryl methyl sites for hydroxylation is 4. The second-order valence-electron chi connectivity index (χ2n) is 4.92. The lowest BCUT2D eigenvalue weighted by Gasteiger charge is -2.08. The lowest BCUT2D eigenvalue weighted by Crippen LogP contribution is -2.01. The van der Waals surface area contributed by atoms with Crippen molar-refractivity contribution in [1.82, 2.24) is 29.5 Å². The summed E-state index contributed by atoms with van der Waals surface area (Å²) in [5.74, 6) is 1.47. The molecule has 0 saturated carbocycles. The van der Waals surface area contributed by atoms with Crippen molar-refractivity contribution in [2.75, 3.05) is 5.32 Å². The normalized spacial score (nSPS) is 11.2. The van der Waals surface area contributed by atoms with Crippen molar-refractivity contribution in [2.45, 2.75) is 20.8 Å². The van der Waals surface area contributed by atoms with E-state index in [1.165, 1.54) is 0 Å². The van der Waals surface area contributed by atoms with Crippen LogP contribution in [0.15, 0.2) is 6.20 Å². The third-order valence-electron chi connectivity index (χ3n) is 3.46. The van der Waals surface area contributed by atoms with Gasteiger partial charge in [0.05, 0.1) is 28.7 Å². The van der Waals surface area contributed by atoms with Crippen LogP contribution in [0.4, 0.5) is 11.5 Å². The van der Waals surface area contributed by atoms with Crippen LogP contribution in [0.5, 0.6) is 0 Å². The van der Waals surface area contributed by atoms with E-state index in [9.17, 15) is 0 Å². The first-order chi connectivity index (χ1) is 9.47. The largest absolute Gasteiger partial charge is 0.336 e. The van der Waals surface area contributed by atoms with Crippen molar-refractivity contribution >= 4 is 22.5 Å². The summed E-state index contributed by atoms with van der Waals surface area (Å²) >= 11 is 0. The van der Waals surface area contributed by atoms with E-state index in [2.05, 4.69) is 25.5 Å². The van der Waals surface area contributed by atoms with Crippen molar-refractivity contribution in [1.29, 1.82) is 0 Å². The van der Waals surface area contributed by atoms with E-state index in [1.807, 2.05) is 39.5 Å². The van der Waals surface area contributed by atoms with Gasteiger partial charge in [0.1, 0.15) is 11.6 Å². The van der Waals surface area contributed by atoms with Gasteiger partial charge in [-0.2, -0.15) is 10.2 Å². The Labute approximate surface area is 116 Å². The Bertz CT molecular complexity index is 797. The Balaban J connectivity index is 2.15. The second kappa shape index (κ2) is 4.29. The van der Waals surface area contributed by atoms with Gasteiger partial charge in [-0.25, -0.2) is 9.97 Å². The van der Waals surface area contributed by atoms with Gasteiger partial charge in [-0.1, -0.05) is 0 Å². The fourth-order valence-electron chi connectivity index (χ4n) is 2.30. The monoisotopic (exact) mass is 271 g/mol. The summed E-state index contributed by atoms with van der Waals surface area (Å²) in [4.78, 5) is 8.90. The maximum Gasteiger partial charge on any atom is 0.163 e. The summed E-state index contributed by atoms with van der Waals surface area (Å²) in [5.41, 5.74) is 3.81. The molecule has 20 heavy (non-hydrogen) atoms. The molecule has 0 aliphatic heterocycles. The summed E-state index contributed by atoms with van der Waals surface area (Å²) in [7, 11) is 3.80. The van der Waals surface area contributed by atoms with E-state index in [1.54, 1.807) is 10.9 Å². The summed E-state index contributed by atoms with van der Waals surface area (Å²) < 4.78 is 3.60. The molecule has 0 aromatic carbocycles. The third kappa shape index (κ3) is 1.82. The molecule has 0 saturated heterocycles. The molecule has 7 nitrogen and oxygen atoms in total. The molecule has 0 amide bonds. The average molecular weight is 271 g/mol. The molecular weight excluding hydrogens is 254 g/mol. The molecule has 3 aromatic rings. The smallest absolute Gasteiger partial charge is 0.163 e. The molecule has 0 aliphatic carbocycles. The van der Waals surface area contributed by atoms with Crippen LogP contribution < -0.4 is 5.32 Å². The number of fused-ring (bicyclic) bond motifs is 1. The number of anilines is 2. The maximum absolute atomic E-state index is 4.49. The van der Waals surface area contributed by atoms with Crippen LogP contribution in [-0.2, 0) is 14.1 Å². The molecule has 7 heteroatoms. The Kier molecular flexibility index (Phi) is 2.70. The number of aromatic nitrogens is 6. The molecule has 0 fully saturated rings. The lowest BCUT2D eigenvalue weighted by atomic mass is 10.3. The minimum atomic E-state index is 0.711. The van der Waals surface area contributed by atoms with Gasteiger partial charge in [-0.15, -0.1) is 0 Å². The molecule has 0 aliphatic rings. The minimum absolute atomic E-state index is 0.711. The first kappa shape index (κ1) is 12.6. The Morgan fingerprint density at radius 2 is 1.80 bits per heavy atom. The van der Waals surface area contributed by atoms with E-state index in [-0.39, 0.29) is 0 Å². The SMILES string of the molecule is Cc1nc(Nc2c(C)nn(C)c2C)c2cnn(C)c2n1. The van der Waals surface area contributed by atoms with Crippen LogP contribution in [0.3, 0.4) is 0 Å². The Morgan fingerprint density at radius 3 is 2.45 bits per heavy atom. The number of nitrogens with zero attached hydrogens (tertiary/aromatic N) is 6. The average Bonchev–Trinajstić information content (AvgIpc) is 2.86. The predicted octanol–water partition coefficient (Wildman–Crippen LogP) is 1.77. The zero-order valence-corrected chi connectivity index (χ0v) is 12.3. The summed E-state index contributed by atoms with van der Waals surface area (Å²) in [6.45, 7) is 5.88. The van der Waals surface area contributed by atoms with Gasteiger partial charge < -0.3 is 5.32 Å². The van der Waals surface area contributed by atoms with Gasteiger partial charge >= 0.3 is 0 Å². The standard InChI is InChI=1S/C13H17N7/c1-7-11(8(2)19(4)18-7)17-12-10-6-14-20(5)13(10)16-9(3)15-12/h6H,1-5H3,(H,15,16,17). The summed E-state index contributed by atoms with van der Waals surface area (Å²) in [5, 5.41) is 12.9. The number of hydrogen-bond donors (Lipinski definition) is 1. The zero-order valence-electron chi connectivity index (χ0n) is 12.3. The van der Waals surface area contributed by atoms with Crippen LogP contribution in [0, 0.1) is 20.8 Å². The van der Waals surface area contributed by atoms with Gasteiger partial charge in [-0.3, -0.25) is 9.36 Å². The van der Waals surface area contributed by atoms with E-state index < -0.39 is 0 Å². The van der Waals surface area contributed by atoms with Crippen LogP contribution in [0.1, 0.15) is 17.2 Å². The lowest BCUT2D eigenvalue weighted by molar-refractivity contribution is 0.731. The molecule has 3 heterocycles. The van der Waals surface area contributed by atoms with Crippen LogP contribution in [-0.4, -0.2) is 29.5 Å². The van der Waals surface area contributed by atoms with E-state index in [4.69, 9.17) is 0 Å². The van der Waals surface area contributed by atoms with Crippen molar-refractivity contribution in [3.05, 3.63) is 23.4 Å². The molecule has 0 unspecified atom stereocenters. The third-order valence-corrected chi connectivity index (χ3v) is 3.46. The Hall–Kier alpha value is -2.44. The van der Waals surface area contributed by atoms with E-state index in [0.29, 0.717) is 5.82 Å². The first-order valence-corrected chi connectivity index (χ1v) is 6.41. The highest BCUT2D eigenvalue weighted by molar-refractivity contribution is 5.88. The van der Waals surface area contributed by atoms with Gasteiger partial charge in [0.2, 0.25) is 0 Å². The first-order valence-electron chi connectivity index (χ1n) is 6.41.